The maximum atomic E-state index is 13.9. The van der Waals surface area contributed by atoms with Crippen LogP contribution in [-0.4, -0.2) is 126 Å². The molecule has 2 heterocycles. The summed E-state index contributed by atoms with van der Waals surface area (Å²) in [4.78, 5) is 71.6. The van der Waals surface area contributed by atoms with Gasteiger partial charge in [0.05, 0.1) is 12.7 Å². The second kappa shape index (κ2) is 29.4. The van der Waals surface area contributed by atoms with Gasteiger partial charge in [-0.3, -0.25) is 19.9 Å². The van der Waals surface area contributed by atoms with Crippen molar-refractivity contribution in [1.82, 2.24) is 34.6 Å². The molecule has 0 fully saturated rings. The van der Waals surface area contributed by atoms with Crippen molar-refractivity contribution in [3.63, 3.8) is 0 Å². The third-order valence-corrected chi connectivity index (χ3v) is 11.8. The van der Waals surface area contributed by atoms with Crippen LogP contribution in [0.2, 0.25) is 0 Å². The average Bonchev–Trinajstić information content (AvgIpc) is 3.33. The van der Waals surface area contributed by atoms with Crippen LogP contribution in [0.3, 0.4) is 0 Å². The molecule has 0 aliphatic carbocycles. The molecule has 2 amide bonds. The van der Waals surface area contributed by atoms with Gasteiger partial charge in [0.2, 0.25) is 5.91 Å². The van der Waals surface area contributed by atoms with E-state index >= 15 is 0 Å². The minimum atomic E-state index is -1.01. The molecule has 20 heteroatoms. The number of nitrogens with zero attached hydrogens (tertiary/aromatic N) is 7. The molecule has 1 unspecified atom stereocenters. The number of nitrogens with two attached hydrogens (primary N) is 5. The number of nitrogen functional groups attached to an aromatic ring is 3. The van der Waals surface area contributed by atoms with E-state index < -0.39 is 29.7 Å². The second-order valence-electron chi connectivity index (χ2n) is 17.2. The van der Waals surface area contributed by atoms with Crippen LogP contribution in [0.25, 0.3) is 16.9 Å². The zero-order valence-electron chi connectivity index (χ0n) is 40.0. The molecule has 0 bridgehead atoms. The number of aryl methyl sites for hydroxylation is 2. The molecule has 0 aliphatic heterocycles. The van der Waals surface area contributed by atoms with Gasteiger partial charge in [-0.05, 0) is 119 Å². The van der Waals surface area contributed by atoms with E-state index in [-0.39, 0.29) is 53.9 Å². The Hall–Kier alpha value is -6.48. The van der Waals surface area contributed by atoms with Crippen molar-refractivity contribution < 1.29 is 29.7 Å². The Kier molecular flexibility index (Phi) is 23.5. The SMILES string of the molecule is CCCCCCN(CCCCC(O)CO)CCN(C(=O)CCc1ccc(-c2ccc(CCCCN=C(N)NC(=O)c3nc(-n4ccc(N)nc4=O)c(N)nc3N)cc2)cc1)[C@H](CCCCN)C(=O)O. The Morgan fingerprint density at radius 2 is 1.42 bits per heavy atom. The molecule has 20 nitrogen and oxygen atoms in total. The van der Waals surface area contributed by atoms with Gasteiger partial charge in [-0.15, -0.1) is 0 Å². The first-order chi connectivity index (χ1) is 33.2. The molecule has 69 heavy (non-hydrogen) atoms. The molecular weight excluding hydrogens is 883 g/mol. The number of hydrogen-bond acceptors (Lipinski definition) is 15. The Morgan fingerprint density at radius 1 is 0.768 bits per heavy atom. The lowest BCUT2D eigenvalue weighted by atomic mass is 9.99. The Bertz CT molecular complexity index is 2310. The van der Waals surface area contributed by atoms with Crippen molar-refractivity contribution in [2.75, 3.05) is 63.1 Å². The number of hydrogen-bond donors (Lipinski definition) is 9. The highest BCUT2D eigenvalue weighted by molar-refractivity contribution is 6.06. The first kappa shape index (κ1) is 55.1. The summed E-state index contributed by atoms with van der Waals surface area (Å²) in [6.45, 7) is 5.20. The van der Waals surface area contributed by atoms with Gasteiger partial charge in [0.1, 0.15) is 11.9 Å². The fourth-order valence-corrected chi connectivity index (χ4v) is 7.86. The smallest absolute Gasteiger partial charge is 0.355 e. The lowest BCUT2D eigenvalue weighted by molar-refractivity contribution is -0.150. The monoisotopic (exact) mass is 956 g/mol. The number of anilines is 3. The number of nitrogens with one attached hydrogen (secondary N) is 1. The number of aliphatic hydroxyl groups is 2. The molecule has 4 aromatic rings. The van der Waals surface area contributed by atoms with Gasteiger partial charge in [-0.1, -0.05) is 74.7 Å². The number of aliphatic carboxylic acids is 1. The first-order valence-electron chi connectivity index (χ1n) is 24.1. The van der Waals surface area contributed by atoms with Gasteiger partial charge in [-0.25, -0.2) is 24.1 Å². The number of carboxylic acid groups (broad SMARTS) is 1. The van der Waals surface area contributed by atoms with E-state index in [9.17, 15) is 34.5 Å². The van der Waals surface area contributed by atoms with Crippen molar-refractivity contribution in [1.29, 1.82) is 0 Å². The third kappa shape index (κ3) is 18.5. The van der Waals surface area contributed by atoms with Gasteiger partial charge >= 0.3 is 11.7 Å². The van der Waals surface area contributed by atoms with Gasteiger partial charge in [0.15, 0.2) is 29.1 Å². The van der Waals surface area contributed by atoms with Crippen LogP contribution in [-0.2, 0) is 22.4 Å². The summed E-state index contributed by atoms with van der Waals surface area (Å²) in [5.41, 5.74) is 32.2. The number of benzene rings is 2. The molecule has 0 saturated heterocycles. The quantitative estimate of drug-likeness (QED) is 0.0199. The summed E-state index contributed by atoms with van der Waals surface area (Å²) < 4.78 is 0.987. The normalized spacial score (nSPS) is 12.5. The highest BCUT2D eigenvalue weighted by Gasteiger charge is 2.29. The number of carbonyl (C=O) groups excluding carboxylic acids is 2. The fraction of sp³-hybridized carbons (Fsp3) is 0.510. The van der Waals surface area contributed by atoms with E-state index in [1.165, 1.54) is 12.3 Å². The predicted octanol–water partition coefficient (Wildman–Crippen LogP) is 3.25. The maximum Gasteiger partial charge on any atom is 0.355 e. The number of amides is 2. The molecule has 14 N–H and O–H groups in total. The zero-order valence-corrected chi connectivity index (χ0v) is 40.0. The van der Waals surface area contributed by atoms with Gasteiger partial charge in [0.25, 0.3) is 5.91 Å². The predicted molar refractivity (Wildman–Crippen MR) is 269 cm³/mol. The number of aliphatic imine (C=N–C) groups is 1. The van der Waals surface area contributed by atoms with E-state index in [1.807, 2.05) is 24.3 Å². The molecular formula is C49H73N13O7. The van der Waals surface area contributed by atoms with Crippen molar-refractivity contribution >= 4 is 41.2 Å². The summed E-state index contributed by atoms with van der Waals surface area (Å²) in [5.74, 6) is -2.71. The summed E-state index contributed by atoms with van der Waals surface area (Å²) in [6.07, 6.45) is 11.7. The maximum absolute atomic E-state index is 13.9. The number of guanidine groups is 1. The fourth-order valence-electron chi connectivity index (χ4n) is 7.86. The van der Waals surface area contributed by atoms with Crippen LogP contribution in [0.1, 0.15) is 112 Å². The number of carbonyl (C=O) groups is 3. The van der Waals surface area contributed by atoms with E-state index in [0.717, 1.165) is 91.3 Å². The van der Waals surface area contributed by atoms with E-state index in [1.54, 1.807) is 4.90 Å². The highest BCUT2D eigenvalue weighted by Crippen LogP contribution is 2.23. The topological polar surface area (TPSA) is 334 Å². The zero-order chi connectivity index (χ0) is 50.1. The van der Waals surface area contributed by atoms with Crippen LogP contribution < -0.4 is 39.7 Å². The Balaban J connectivity index is 1.28. The molecule has 2 aromatic heterocycles. The number of aromatic nitrogens is 4. The van der Waals surface area contributed by atoms with Crippen molar-refractivity contribution in [3.8, 4) is 16.9 Å². The summed E-state index contributed by atoms with van der Waals surface area (Å²) >= 11 is 0. The van der Waals surface area contributed by atoms with Gasteiger partial charge in [-0.2, -0.15) is 4.98 Å². The molecule has 0 saturated carbocycles. The van der Waals surface area contributed by atoms with E-state index in [2.05, 4.69) is 61.4 Å². The lowest BCUT2D eigenvalue weighted by Crippen LogP contribution is -2.48. The molecule has 0 aliphatic rings. The van der Waals surface area contributed by atoms with Crippen LogP contribution in [0.15, 0.2) is 70.6 Å². The number of aliphatic hydroxyl groups excluding tert-OH is 2. The van der Waals surface area contributed by atoms with E-state index in [0.29, 0.717) is 64.7 Å². The van der Waals surface area contributed by atoms with Crippen LogP contribution in [0.5, 0.6) is 0 Å². The van der Waals surface area contributed by atoms with Crippen molar-refractivity contribution in [3.05, 3.63) is 88.1 Å². The molecule has 4 rings (SSSR count). The van der Waals surface area contributed by atoms with Crippen LogP contribution in [0, 0.1) is 0 Å². The van der Waals surface area contributed by atoms with Gasteiger partial charge in [0, 0.05) is 32.3 Å². The highest BCUT2D eigenvalue weighted by atomic mass is 16.4. The van der Waals surface area contributed by atoms with Gasteiger partial charge < -0.3 is 53.8 Å². The number of rotatable bonds is 31. The number of carboxylic acids is 1. The summed E-state index contributed by atoms with van der Waals surface area (Å²) in [7, 11) is 0. The van der Waals surface area contributed by atoms with Crippen molar-refractivity contribution in [2.45, 2.75) is 115 Å². The Morgan fingerprint density at radius 3 is 2.04 bits per heavy atom. The van der Waals surface area contributed by atoms with Crippen molar-refractivity contribution in [2.24, 2.45) is 16.5 Å². The minimum Gasteiger partial charge on any atom is -0.480 e. The second-order valence-corrected chi connectivity index (χ2v) is 17.2. The number of unbranched alkanes of at least 4 members (excludes halogenated alkanes) is 6. The molecule has 376 valence electrons. The van der Waals surface area contributed by atoms with Crippen LogP contribution >= 0.6 is 0 Å². The molecule has 2 atom stereocenters. The molecule has 0 spiro atoms. The summed E-state index contributed by atoms with van der Waals surface area (Å²) in [6, 6.07) is 16.8. The molecule has 2 aromatic carbocycles. The third-order valence-electron chi connectivity index (χ3n) is 11.8. The lowest BCUT2D eigenvalue weighted by Gasteiger charge is -2.32. The first-order valence-corrected chi connectivity index (χ1v) is 24.1. The largest absolute Gasteiger partial charge is 0.480 e. The minimum absolute atomic E-state index is 0.000958. The summed E-state index contributed by atoms with van der Waals surface area (Å²) in [5, 5.41) is 31.8. The van der Waals surface area contributed by atoms with E-state index in [4.69, 9.17) is 28.7 Å². The molecule has 0 radical (unpaired) electrons. The Labute approximate surface area is 404 Å². The average molecular weight is 956 g/mol. The standard InChI is InChI=1S/C49H73N13O7/c1-2-3-4-10-28-60(29-11-7-13-38(64)33-63)31-32-61(39(47(67)68)14-5-8-26-50)41(65)24-19-35-17-22-37(23-18-35)36-20-15-34(16-21-36)12-6-9-27-55-48(54)59-46(66)42-43(52)58-44(53)45(57-42)62-30-25-40(51)56-49(62)69/h15-18,20-23,25,30,38-39,63-64H,2-14,19,24,26-29,31-33,50H2,1H3,(H,67,68)(H2,51,56,69)(H4,52,53,58)(H3,54,55,59,66)/t38?,39-/m1/s1. The van der Waals surface area contributed by atoms with Crippen LogP contribution in [0.4, 0.5) is 17.5 Å².